The number of piperidine rings is 1. The number of imide groups is 1. The third-order valence-corrected chi connectivity index (χ3v) is 11.1. The lowest BCUT2D eigenvalue weighted by molar-refractivity contribution is -0.134. The molecule has 16 heteroatoms. The van der Waals surface area contributed by atoms with E-state index >= 15 is 0 Å². The van der Waals surface area contributed by atoms with Gasteiger partial charge in [0.05, 0.1) is 35.0 Å². The quantitative estimate of drug-likeness (QED) is 0.171. The molecule has 3 amide bonds. The van der Waals surface area contributed by atoms with Crippen molar-refractivity contribution in [3.8, 4) is 18.0 Å². The Kier molecular flexibility index (Phi) is 10.9. The number of hydrogen-bond donors (Lipinski definition) is 4. The average molecular weight is 744 g/mol. The second kappa shape index (κ2) is 16.1. The van der Waals surface area contributed by atoms with Gasteiger partial charge in [-0.3, -0.25) is 24.6 Å². The first-order valence-corrected chi connectivity index (χ1v) is 18.9. The Morgan fingerprint density at radius 3 is 2.56 bits per heavy atom. The third kappa shape index (κ3) is 8.19. The van der Waals surface area contributed by atoms with Crippen LogP contribution in [-0.2, 0) is 9.59 Å². The summed E-state index contributed by atoms with van der Waals surface area (Å²) in [4.78, 5) is 55.9. The molecule has 2 saturated heterocycles. The first-order valence-electron chi connectivity index (χ1n) is 18.9. The molecule has 4 aromatic rings. The van der Waals surface area contributed by atoms with E-state index in [4.69, 9.17) is 10.7 Å². The second-order valence-electron chi connectivity index (χ2n) is 14.9. The van der Waals surface area contributed by atoms with Gasteiger partial charge in [-0.15, -0.1) is 0 Å². The van der Waals surface area contributed by atoms with E-state index in [0.29, 0.717) is 52.9 Å². The fourth-order valence-electron chi connectivity index (χ4n) is 7.94. The first kappa shape index (κ1) is 37.2. The van der Waals surface area contributed by atoms with Gasteiger partial charge in [0.15, 0.2) is 11.5 Å². The van der Waals surface area contributed by atoms with Crippen molar-refractivity contribution in [1.82, 2.24) is 40.3 Å². The van der Waals surface area contributed by atoms with Gasteiger partial charge in [-0.2, -0.15) is 20.3 Å². The summed E-state index contributed by atoms with van der Waals surface area (Å²) in [6, 6.07) is 11.2. The molecule has 0 spiro atoms. The Bertz CT molecular complexity index is 2160. The summed E-state index contributed by atoms with van der Waals surface area (Å²) in [6.07, 6.45) is 10.7. The van der Waals surface area contributed by atoms with Crippen molar-refractivity contribution in [2.45, 2.75) is 82.8 Å². The van der Waals surface area contributed by atoms with Gasteiger partial charge in [0, 0.05) is 62.0 Å². The maximum absolute atomic E-state index is 13.6. The number of nitrogens with one attached hydrogen (secondary N) is 3. The topological polar surface area (TPSA) is 224 Å². The monoisotopic (exact) mass is 743 g/mol. The van der Waals surface area contributed by atoms with Gasteiger partial charge in [0.1, 0.15) is 23.7 Å². The van der Waals surface area contributed by atoms with Gasteiger partial charge < -0.3 is 21.3 Å². The number of carbonyl (C=O) groups is 3. The van der Waals surface area contributed by atoms with Crippen molar-refractivity contribution < 1.29 is 14.4 Å². The molecule has 3 aliphatic rings. The third-order valence-electron chi connectivity index (χ3n) is 11.1. The molecule has 0 radical (unpaired) electrons. The molecule has 0 aromatic carbocycles. The molecule has 55 heavy (non-hydrogen) atoms. The number of nitrogens with two attached hydrogens (primary N) is 1. The number of nitriles is 2. The van der Waals surface area contributed by atoms with Gasteiger partial charge in [0.25, 0.3) is 5.91 Å². The van der Waals surface area contributed by atoms with E-state index in [1.807, 2.05) is 18.2 Å². The zero-order valence-corrected chi connectivity index (χ0v) is 31.0. The predicted octanol–water partition coefficient (Wildman–Crippen LogP) is 3.40. The van der Waals surface area contributed by atoms with E-state index in [0.717, 1.165) is 69.7 Å². The molecule has 1 saturated carbocycles. The highest BCUT2D eigenvalue weighted by molar-refractivity contribution is 6.01. The summed E-state index contributed by atoms with van der Waals surface area (Å²) in [5, 5.41) is 32.6. The molecule has 3 fully saturated rings. The van der Waals surface area contributed by atoms with Crippen molar-refractivity contribution in [2.75, 3.05) is 42.1 Å². The molecule has 2 aliphatic heterocycles. The Morgan fingerprint density at radius 1 is 1.05 bits per heavy atom. The minimum absolute atomic E-state index is 0.0404. The van der Waals surface area contributed by atoms with Crippen LogP contribution in [0, 0.1) is 28.6 Å². The molecule has 5 N–H and O–H groups in total. The summed E-state index contributed by atoms with van der Waals surface area (Å²) in [5.74, 6) is 0.908. The van der Waals surface area contributed by atoms with Crippen LogP contribution in [0.5, 0.6) is 0 Å². The lowest BCUT2D eigenvalue weighted by Gasteiger charge is -2.41. The molecule has 4 aromatic heterocycles. The number of nitrogens with zero attached hydrogens (tertiary/aromatic N) is 9. The SMILES string of the molecule is C[C@H](C#N)Nc1cc(-n2ncc3cc(C#N)c(N)nc32)ncc1C(=O)NC1CCC(CCN2CCN(c3ccc([C@H]4CCC(=O)NC4=O)cn3)[C@@H](C)C2)CC1. The number of nitrogen functional groups attached to an aromatic ring is 1. The number of carbonyl (C=O) groups excluding carboxylic acids is 3. The van der Waals surface area contributed by atoms with Gasteiger partial charge >= 0.3 is 0 Å². The number of fused-ring (bicyclic) bond motifs is 1. The van der Waals surface area contributed by atoms with Crippen LogP contribution in [0.15, 0.2) is 42.9 Å². The number of anilines is 3. The largest absolute Gasteiger partial charge is 0.383 e. The molecule has 3 atom stereocenters. The van der Waals surface area contributed by atoms with E-state index in [1.54, 1.807) is 31.5 Å². The summed E-state index contributed by atoms with van der Waals surface area (Å²) in [7, 11) is 0. The zero-order chi connectivity index (χ0) is 38.6. The average Bonchev–Trinajstić information content (AvgIpc) is 3.59. The van der Waals surface area contributed by atoms with Crippen LogP contribution in [0.4, 0.5) is 17.3 Å². The lowest BCUT2D eigenvalue weighted by Crippen LogP contribution is -2.52. The van der Waals surface area contributed by atoms with E-state index < -0.39 is 6.04 Å². The molecular formula is C39H45N13O3. The second-order valence-corrected chi connectivity index (χ2v) is 14.9. The van der Waals surface area contributed by atoms with Gasteiger partial charge in [-0.05, 0) is 82.5 Å². The minimum Gasteiger partial charge on any atom is -0.383 e. The summed E-state index contributed by atoms with van der Waals surface area (Å²) in [5.41, 5.74) is 8.26. The van der Waals surface area contributed by atoms with Gasteiger partial charge in [0.2, 0.25) is 11.8 Å². The summed E-state index contributed by atoms with van der Waals surface area (Å²) in [6.45, 7) is 7.72. The number of amides is 3. The Morgan fingerprint density at radius 2 is 1.85 bits per heavy atom. The minimum atomic E-state index is -0.570. The highest BCUT2D eigenvalue weighted by Gasteiger charge is 2.30. The fraction of sp³-hybridized carbons (Fsp3) is 0.462. The molecule has 6 heterocycles. The lowest BCUT2D eigenvalue weighted by atomic mass is 9.84. The smallest absolute Gasteiger partial charge is 0.255 e. The first-order chi connectivity index (χ1) is 26.6. The molecule has 284 valence electrons. The number of rotatable bonds is 10. The van der Waals surface area contributed by atoms with Crippen LogP contribution >= 0.6 is 0 Å². The van der Waals surface area contributed by atoms with Crippen LogP contribution in [0.25, 0.3) is 16.9 Å². The van der Waals surface area contributed by atoms with Crippen LogP contribution in [0.1, 0.15) is 86.2 Å². The van der Waals surface area contributed by atoms with Crippen molar-refractivity contribution in [3.63, 3.8) is 0 Å². The van der Waals surface area contributed by atoms with Crippen molar-refractivity contribution in [1.29, 1.82) is 10.5 Å². The maximum atomic E-state index is 13.6. The molecular weight excluding hydrogens is 699 g/mol. The highest BCUT2D eigenvalue weighted by Crippen LogP contribution is 2.30. The fourth-order valence-corrected chi connectivity index (χ4v) is 7.94. The van der Waals surface area contributed by atoms with Gasteiger partial charge in [-0.25, -0.2) is 15.0 Å². The Hall–Kier alpha value is -6.13. The zero-order valence-electron chi connectivity index (χ0n) is 31.0. The summed E-state index contributed by atoms with van der Waals surface area (Å²) >= 11 is 0. The Labute approximate surface area is 319 Å². The predicted molar refractivity (Wildman–Crippen MR) is 205 cm³/mol. The van der Waals surface area contributed by atoms with Crippen LogP contribution in [0.2, 0.25) is 0 Å². The van der Waals surface area contributed by atoms with Crippen LogP contribution in [0.3, 0.4) is 0 Å². The highest BCUT2D eigenvalue weighted by atomic mass is 16.2. The maximum Gasteiger partial charge on any atom is 0.255 e. The van der Waals surface area contributed by atoms with Crippen LogP contribution in [-0.4, -0.2) is 91.7 Å². The van der Waals surface area contributed by atoms with Crippen molar-refractivity contribution >= 4 is 46.1 Å². The van der Waals surface area contributed by atoms with Crippen molar-refractivity contribution in [2.24, 2.45) is 5.92 Å². The number of piperazine rings is 1. The number of pyridine rings is 3. The molecule has 0 unspecified atom stereocenters. The summed E-state index contributed by atoms with van der Waals surface area (Å²) < 4.78 is 1.49. The number of hydrogen-bond acceptors (Lipinski definition) is 13. The van der Waals surface area contributed by atoms with Crippen LogP contribution < -0.4 is 26.6 Å². The van der Waals surface area contributed by atoms with Gasteiger partial charge in [-0.1, -0.05) is 6.07 Å². The van der Waals surface area contributed by atoms with E-state index in [9.17, 15) is 24.9 Å². The molecule has 1 aliphatic carbocycles. The number of aromatic nitrogens is 5. The molecule has 0 bridgehead atoms. The molecule has 7 rings (SSSR count). The standard InChI is InChI=1S/C39H45N13O3/c1-23(17-40)46-32-16-34(52-37-28(20-45-52)15-27(18-41)36(42)49-37)44-21-31(32)39(55)47-29-6-3-25(4-7-29)11-12-50-13-14-51(24(2)22-50)33-9-5-26(19-43-33)30-8-10-35(53)48-38(30)54/h5,9,15-16,19-21,23-25,29-30H,3-4,6-8,10-14,22H2,1-2H3,(H2,42,49)(H,44,46)(H,47,55)(H,48,53,54)/t23-,24+,25?,29?,30-/m1/s1. The van der Waals surface area contributed by atoms with Crippen molar-refractivity contribution in [3.05, 3.63) is 59.5 Å². The molecule has 16 nitrogen and oxygen atoms in total. The van der Waals surface area contributed by atoms with E-state index in [1.165, 1.54) is 10.9 Å². The normalized spacial score (nSPS) is 22.4. The Balaban J connectivity index is 0.900. The van der Waals surface area contributed by atoms with E-state index in [2.05, 4.69) is 53.8 Å². The van der Waals surface area contributed by atoms with E-state index in [-0.39, 0.29) is 41.1 Å².